The molecular formula is C12H18N2O. The lowest BCUT2D eigenvalue weighted by Gasteiger charge is -2.06. The van der Waals surface area contributed by atoms with E-state index in [2.05, 4.69) is 5.32 Å². The third kappa shape index (κ3) is 2.63. The van der Waals surface area contributed by atoms with Crippen molar-refractivity contribution in [3.8, 4) is 5.75 Å². The van der Waals surface area contributed by atoms with Gasteiger partial charge in [0.15, 0.2) is 0 Å². The third-order valence-electron chi connectivity index (χ3n) is 3.03. The molecule has 0 aliphatic heterocycles. The predicted octanol–water partition coefficient (Wildman–Crippen LogP) is 1.70. The zero-order valence-corrected chi connectivity index (χ0v) is 9.07. The first-order valence-corrected chi connectivity index (χ1v) is 5.41. The largest absolute Gasteiger partial charge is 0.497 e. The van der Waals surface area contributed by atoms with E-state index in [0.717, 1.165) is 36.4 Å². The van der Waals surface area contributed by atoms with E-state index >= 15 is 0 Å². The molecule has 1 saturated carbocycles. The Hall–Kier alpha value is -1.22. The highest BCUT2D eigenvalue weighted by Gasteiger charge is 2.34. The number of hydrogen-bond donors (Lipinski definition) is 2. The summed E-state index contributed by atoms with van der Waals surface area (Å²) in [5.41, 5.74) is 6.74. The monoisotopic (exact) mass is 206 g/mol. The minimum absolute atomic E-state index is 0.746. The lowest BCUT2D eigenvalue weighted by molar-refractivity contribution is 0.415. The minimum Gasteiger partial charge on any atom is -0.497 e. The van der Waals surface area contributed by atoms with Gasteiger partial charge in [0.05, 0.1) is 7.11 Å². The van der Waals surface area contributed by atoms with Gasteiger partial charge >= 0.3 is 0 Å². The van der Waals surface area contributed by atoms with Gasteiger partial charge in [-0.25, -0.2) is 0 Å². The lowest BCUT2D eigenvalue weighted by atomic mass is 10.2. The first kappa shape index (κ1) is 10.3. The van der Waals surface area contributed by atoms with Gasteiger partial charge in [-0.05, 0) is 49.1 Å². The van der Waals surface area contributed by atoms with E-state index < -0.39 is 0 Å². The van der Waals surface area contributed by atoms with Crippen LogP contribution in [0.25, 0.3) is 0 Å². The molecule has 1 aliphatic rings. The predicted molar refractivity (Wildman–Crippen MR) is 62.1 cm³/mol. The summed E-state index contributed by atoms with van der Waals surface area (Å²) >= 11 is 0. The smallest absolute Gasteiger partial charge is 0.119 e. The average molecular weight is 206 g/mol. The summed E-state index contributed by atoms with van der Waals surface area (Å²) < 4.78 is 5.10. The van der Waals surface area contributed by atoms with Crippen LogP contribution in [0.5, 0.6) is 5.75 Å². The molecule has 0 spiro atoms. The van der Waals surface area contributed by atoms with Crippen molar-refractivity contribution in [1.82, 2.24) is 0 Å². The summed E-state index contributed by atoms with van der Waals surface area (Å²) in [6.45, 7) is 1.86. The molecule has 0 aromatic heterocycles. The van der Waals surface area contributed by atoms with Crippen molar-refractivity contribution in [2.24, 2.45) is 17.6 Å². The van der Waals surface area contributed by atoms with Crippen LogP contribution in [0.15, 0.2) is 24.3 Å². The normalized spacial score (nSPS) is 23.6. The van der Waals surface area contributed by atoms with Crippen molar-refractivity contribution < 1.29 is 4.74 Å². The van der Waals surface area contributed by atoms with Gasteiger partial charge in [0.2, 0.25) is 0 Å². The van der Waals surface area contributed by atoms with Gasteiger partial charge in [0.25, 0.3) is 0 Å². The standard InChI is InChI=1S/C12H18N2O/c1-15-12-4-2-11(3-5-12)14-8-10-6-9(10)7-13/h2-5,9-10,14H,6-8,13H2,1H3/t9-,10-/m1/s1. The summed E-state index contributed by atoms with van der Waals surface area (Å²) in [6.07, 6.45) is 1.28. The fourth-order valence-electron chi connectivity index (χ4n) is 1.81. The SMILES string of the molecule is COc1ccc(NC[C@H]2C[C@@H]2CN)cc1. The summed E-state index contributed by atoms with van der Waals surface area (Å²) in [5, 5.41) is 3.41. The van der Waals surface area contributed by atoms with Crippen LogP contribution < -0.4 is 15.8 Å². The number of nitrogens with one attached hydrogen (secondary N) is 1. The zero-order valence-electron chi connectivity index (χ0n) is 9.07. The molecule has 0 heterocycles. The van der Waals surface area contributed by atoms with E-state index in [-0.39, 0.29) is 0 Å². The van der Waals surface area contributed by atoms with E-state index in [4.69, 9.17) is 10.5 Å². The van der Waals surface area contributed by atoms with Crippen LogP contribution in [0.3, 0.4) is 0 Å². The van der Waals surface area contributed by atoms with E-state index in [1.165, 1.54) is 6.42 Å². The van der Waals surface area contributed by atoms with Crippen LogP contribution in [0.2, 0.25) is 0 Å². The molecule has 1 aromatic carbocycles. The molecule has 0 bridgehead atoms. The van der Waals surface area contributed by atoms with E-state index in [0.29, 0.717) is 0 Å². The average Bonchev–Trinajstić information content (AvgIpc) is 3.06. The van der Waals surface area contributed by atoms with Gasteiger partial charge < -0.3 is 15.8 Å². The molecule has 82 valence electrons. The molecule has 0 saturated heterocycles. The molecule has 0 unspecified atom stereocenters. The van der Waals surface area contributed by atoms with Crippen LogP contribution in [0.4, 0.5) is 5.69 Å². The molecule has 2 atom stereocenters. The second-order valence-corrected chi connectivity index (χ2v) is 4.10. The molecule has 1 aromatic rings. The zero-order chi connectivity index (χ0) is 10.7. The Balaban J connectivity index is 1.79. The quantitative estimate of drug-likeness (QED) is 0.771. The number of nitrogens with two attached hydrogens (primary N) is 1. The third-order valence-corrected chi connectivity index (χ3v) is 3.03. The van der Waals surface area contributed by atoms with Gasteiger partial charge in [-0.3, -0.25) is 0 Å². The molecule has 1 aliphatic carbocycles. The molecule has 3 N–H and O–H groups in total. The highest BCUT2D eigenvalue weighted by molar-refractivity contribution is 5.46. The van der Waals surface area contributed by atoms with Crippen molar-refractivity contribution in [2.75, 3.05) is 25.5 Å². The number of hydrogen-bond acceptors (Lipinski definition) is 3. The van der Waals surface area contributed by atoms with Gasteiger partial charge in [-0.1, -0.05) is 0 Å². The van der Waals surface area contributed by atoms with Gasteiger partial charge in [-0.2, -0.15) is 0 Å². The van der Waals surface area contributed by atoms with Crippen LogP contribution >= 0.6 is 0 Å². The van der Waals surface area contributed by atoms with Crippen LogP contribution in [0, 0.1) is 11.8 Å². The number of benzene rings is 1. The highest BCUT2D eigenvalue weighted by Crippen LogP contribution is 2.37. The number of rotatable bonds is 5. The Kier molecular flexibility index (Phi) is 3.11. The number of methoxy groups -OCH3 is 1. The topological polar surface area (TPSA) is 47.3 Å². The molecule has 0 amide bonds. The molecule has 1 fully saturated rings. The summed E-state index contributed by atoms with van der Waals surface area (Å²) in [4.78, 5) is 0. The maximum Gasteiger partial charge on any atom is 0.119 e. The van der Waals surface area contributed by atoms with Crippen molar-refractivity contribution in [2.45, 2.75) is 6.42 Å². The van der Waals surface area contributed by atoms with E-state index in [1.807, 2.05) is 24.3 Å². The maximum atomic E-state index is 5.59. The Morgan fingerprint density at radius 3 is 2.60 bits per heavy atom. The van der Waals surface area contributed by atoms with Gasteiger partial charge in [0.1, 0.15) is 5.75 Å². The minimum atomic E-state index is 0.746. The summed E-state index contributed by atoms with van der Waals surface area (Å²) in [6, 6.07) is 8.02. The first-order chi connectivity index (χ1) is 7.33. The summed E-state index contributed by atoms with van der Waals surface area (Å²) in [5.74, 6) is 2.42. The van der Waals surface area contributed by atoms with Crippen LogP contribution in [-0.4, -0.2) is 20.2 Å². The van der Waals surface area contributed by atoms with Crippen molar-refractivity contribution in [3.05, 3.63) is 24.3 Å². The van der Waals surface area contributed by atoms with Crippen LogP contribution in [-0.2, 0) is 0 Å². The Morgan fingerprint density at radius 1 is 1.33 bits per heavy atom. The Bertz CT molecular complexity index is 310. The van der Waals surface area contributed by atoms with Crippen molar-refractivity contribution in [1.29, 1.82) is 0 Å². The van der Waals surface area contributed by atoms with Crippen LogP contribution in [0.1, 0.15) is 6.42 Å². The molecule has 2 rings (SSSR count). The molecule has 3 nitrogen and oxygen atoms in total. The number of anilines is 1. The second-order valence-electron chi connectivity index (χ2n) is 4.10. The Morgan fingerprint density at radius 2 is 2.07 bits per heavy atom. The maximum absolute atomic E-state index is 5.59. The number of ether oxygens (including phenoxy) is 1. The highest BCUT2D eigenvalue weighted by atomic mass is 16.5. The fraction of sp³-hybridized carbons (Fsp3) is 0.500. The fourth-order valence-corrected chi connectivity index (χ4v) is 1.81. The van der Waals surface area contributed by atoms with E-state index in [1.54, 1.807) is 7.11 Å². The lowest BCUT2D eigenvalue weighted by Crippen LogP contribution is -2.09. The molecule has 15 heavy (non-hydrogen) atoms. The van der Waals surface area contributed by atoms with Gasteiger partial charge in [0, 0.05) is 12.2 Å². The van der Waals surface area contributed by atoms with Crippen molar-refractivity contribution in [3.63, 3.8) is 0 Å². The van der Waals surface area contributed by atoms with E-state index in [9.17, 15) is 0 Å². The molecule has 0 radical (unpaired) electrons. The molecular weight excluding hydrogens is 188 g/mol. The molecule has 3 heteroatoms. The van der Waals surface area contributed by atoms with Crippen molar-refractivity contribution >= 4 is 5.69 Å². The second kappa shape index (κ2) is 4.53. The summed E-state index contributed by atoms with van der Waals surface area (Å²) in [7, 11) is 1.68. The first-order valence-electron chi connectivity index (χ1n) is 5.41. The Labute approximate surface area is 90.6 Å². The van der Waals surface area contributed by atoms with Gasteiger partial charge in [-0.15, -0.1) is 0 Å².